The van der Waals surface area contributed by atoms with Gasteiger partial charge in [-0.1, -0.05) is 60.7 Å². The van der Waals surface area contributed by atoms with Crippen molar-refractivity contribution in [2.24, 2.45) is 0 Å². The van der Waals surface area contributed by atoms with Crippen LogP contribution in [0.5, 0.6) is 0 Å². The third-order valence-corrected chi connectivity index (χ3v) is 3.42. The Balaban J connectivity index is 0.00000161. The maximum atomic E-state index is 2.21. The number of hydrogen-bond donors (Lipinski definition) is 0. The van der Waals surface area contributed by atoms with Crippen LogP contribution in [0.2, 0.25) is 0 Å². The summed E-state index contributed by atoms with van der Waals surface area (Å²) in [5.41, 5.74) is 4.03. The van der Waals surface area contributed by atoms with E-state index in [-0.39, 0.29) is 17.0 Å². The molecule has 21 heavy (non-hydrogen) atoms. The van der Waals surface area contributed by atoms with Crippen molar-refractivity contribution >= 4 is 0 Å². The van der Waals surface area contributed by atoms with E-state index in [1.165, 1.54) is 16.7 Å². The second kappa shape index (κ2) is 7.75. The van der Waals surface area contributed by atoms with Crippen LogP contribution in [0.3, 0.4) is 0 Å². The molecular weight excluding hydrogens is 322 g/mol. The molecular formula is C19H18BrN. The second-order valence-electron chi connectivity index (χ2n) is 5.03. The number of halogens is 1. The highest BCUT2D eigenvalue weighted by atomic mass is 79.9. The number of hydrogen-bond acceptors (Lipinski definition) is 0. The highest BCUT2D eigenvalue weighted by Gasteiger charge is 2.03. The van der Waals surface area contributed by atoms with Crippen molar-refractivity contribution in [1.82, 2.24) is 0 Å². The van der Waals surface area contributed by atoms with Gasteiger partial charge >= 0.3 is 0 Å². The molecule has 0 aliphatic heterocycles. The number of pyridine rings is 1. The molecule has 0 fully saturated rings. The van der Waals surface area contributed by atoms with Gasteiger partial charge in [0, 0.05) is 17.7 Å². The predicted octanol–water partition coefficient (Wildman–Crippen LogP) is 0.617. The lowest BCUT2D eigenvalue weighted by Gasteiger charge is -2.02. The van der Waals surface area contributed by atoms with Gasteiger partial charge in [-0.15, -0.1) is 0 Å². The summed E-state index contributed by atoms with van der Waals surface area (Å²) < 4.78 is 2.21. The van der Waals surface area contributed by atoms with Crippen LogP contribution in [0, 0.1) is 0 Å². The van der Waals surface area contributed by atoms with Gasteiger partial charge in [0.05, 0.1) is 0 Å². The standard InChI is InChI=1S/C19H18N.BrH/c1-3-7-17(8-4-1)15-18-11-13-20(14-12-18)16-19-9-5-2-6-10-19;/h1-14H,15-16H2;1H/q+1;/p-1. The minimum absolute atomic E-state index is 0. The van der Waals surface area contributed by atoms with E-state index in [9.17, 15) is 0 Å². The third-order valence-electron chi connectivity index (χ3n) is 3.42. The second-order valence-corrected chi connectivity index (χ2v) is 5.03. The average Bonchev–Trinajstić information content (AvgIpc) is 2.51. The van der Waals surface area contributed by atoms with Crippen LogP contribution < -0.4 is 21.5 Å². The van der Waals surface area contributed by atoms with Crippen LogP contribution in [-0.4, -0.2) is 0 Å². The number of nitrogens with zero attached hydrogens (tertiary/aromatic N) is 1. The normalized spacial score (nSPS) is 9.90. The summed E-state index contributed by atoms with van der Waals surface area (Å²) in [6.45, 7) is 0.923. The van der Waals surface area contributed by atoms with Gasteiger partial charge in [0.25, 0.3) is 0 Å². The minimum atomic E-state index is 0. The van der Waals surface area contributed by atoms with Gasteiger partial charge in [-0.3, -0.25) is 0 Å². The van der Waals surface area contributed by atoms with Crippen molar-refractivity contribution in [1.29, 1.82) is 0 Å². The van der Waals surface area contributed by atoms with Gasteiger partial charge < -0.3 is 17.0 Å². The first-order valence-electron chi connectivity index (χ1n) is 6.96. The fourth-order valence-electron chi connectivity index (χ4n) is 2.34. The molecule has 106 valence electrons. The highest BCUT2D eigenvalue weighted by Crippen LogP contribution is 2.07. The van der Waals surface area contributed by atoms with Crippen molar-refractivity contribution in [2.75, 3.05) is 0 Å². The van der Waals surface area contributed by atoms with E-state index in [1.807, 2.05) is 0 Å². The molecule has 0 saturated carbocycles. The molecule has 0 saturated heterocycles. The maximum Gasteiger partial charge on any atom is 0.173 e. The molecule has 3 rings (SSSR count). The summed E-state index contributed by atoms with van der Waals surface area (Å²) in [4.78, 5) is 0. The van der Waals surface area contributed by atoms with Crippen LogP contribution in [-0.2, 0) is 13.0 Å². The Hall–Kier alpha value is -1.93. The van der Waals surface area contributed by atoms with Crippen molar-refractivity contribution < 1.29 is 21.5 Å². The smallest absolute Gasteiger partial charge is 0.173 e. The van der Waals surface area contributed by atoms with Gasteiger partial charge in [0.1, 0.15) is 0 Å². The Kier molecular flexibility index (Phi) is 5.70. The average molecular weight is 340 g/mol. The van der Waals surface area contributed by atoms with E-state index >= 15 is 0 Å². The zero-order valence-electron chi connectivity index (χ0n) is 11.8. The third kappa shape index (κ3) is 4.54. The summed E-state index contributed by atoms with van der Waals surface area (Å²) in [5, 5.41) is 0. The monoisotopic (exact) mass is 339 g/mol. The van der Waals surface area contributed by atoms with Crippen LogP contribution >= 0.6 is 0 Å². The fraction of sp³-hybridized carbons (Fsp3) is 0.105. The van der Waals surface area contributed by atoms with Crippen molar-refractivity contribution in [3.63, 3.8) is 0 Å². The van der Waals surface area contributed by atoms with Gasteiger partial charge in [0.2, 0.25) is 0 Å². The minimum Gasteiger partial charge on any atom is -1.00 e. The molecule has 0 aliphatic carbocycles. The SMILES string of the molecule is [Br-].c1ccc(Cc2cc[n+](Cc3ccccc3)cc2)cc1. The summed E-state index contributed by atoms with van der Waals surface area (Å²) >= 11 is 0. The van der Waals surface area contributed by atoms with Gasteiger partial charge in [-0.25, -0.2) is 4.57 Å². The number of benzene rings is 2. The van der Waals surface area contributed by atoms with Gasteiger partial charge in [0.15, 0.2) is 18.9 Å². The lowest BCUT2D eigenvalue weighted by atomic mass is 10.1. The van der Waals surface area contributed by atoms with Gasteiger partial charge in [-0.2, -0.15) is 0 Å². The summed E-state index contributed by atoms with van der Waals surface area (Å²) in [5.74, 6) is 0. The largest absolute Gasteiger partial charge is 1.00 e. The van der Waals surface area contributed by atoms with E-state index in [0.29, 0.717) is 0 Å². The van der Waals surface area contributed by atoms with E-state index in [1.54, 1.807) is 0 Å². The molecule has 0 radical (unpaired) electrons. The molecule has 0 unspecified atom stereocenters. The van der Waals surface area contributed by atoms with Crippen molar-refractivity contribution in [3.8, 4) is 0 Å². The number of aromatic nitrogens is 1. The van der Waals surface area contributed by atoms with E-state index < -0.39 is 0 Å². The Morgan fingerprint density at radius 2 is 1.05 bits per heavy atom. The first kappa shape index (κ1) is 15.5. The van der Waals surface area contributed by atoms with Crippen molar-refractivity contribution in [2.45, 2.75) is 13.0 Å². The Labute approximate surface area is 136 Å². The van der Waals surface area contributed by atoms with Crippen LogP contribution in [0.15, 0.2) is 85.2 Å². The topological polar surface area (TPSA) is 3.88 Å². The molecule has 2 aromatic carbocycles. The Bertz CT molecular complexity index is 588. The maximum absolute atomic E-state index is 2.21. The Morgan fingerprint density at radius 1 is 0.571 bits per heavy atom. The summed E-state index contributed by atoms with van der Waals surface area (Å²) in [6, 6.07) is 25.5. The molecule has 3 aromatic rings. The van der Waals surface area contributed by atoms with E-state index in [4.69, 9.17) is 0 Å². The molecule has 0 amide bonds. The zero-order valence-corrected chi connectivity index (χ0v) is 13.4. The molecule has 0 atom stereocenters. The molecule has 0 N–H and O–H groups in total. The fourth-order valence-corrected chi connectivity index (χ4v) is 2.34. The summed E-state index contributed by atoms with van der Waals surface area (Å²) in [7, 11) is 0. The van der Waals surface area contributed by atoms with E-state index in [2.05, 4.69) is 89.8 Å². The molecule has 0 aliphatic rings. The Morgan fingerprint density at radius 3 is 1.62 bits per heavy atom. The first-order chi connectivity index (χ1) is 9.90. The summed E-state index contributed by atoms with van der Waals surface area (Å²) in [6.07, 6.45) is 5.31. The molecule has 0 spiro atoms. The molecule has 2 heteroatoms. The predicted molar refractivity (Wildman–Crippen MR) is 81.4 cm³/mol. The van der Waals surface area contributed by atoms with Crippen LogP contribution in [0.4, 0.5) is 0 Å². The van der Waals surface area contributed by atoms with Crippen LogP contribution in [0.25, 0.3) is 0 Å². The lowest BCUT2D eigenvalue weighted by molar-refractivity contribution is -0.688. The lowest BCUT2D eigenvalue weighted by Crippen LogP contribution is -3.00. The highest BCUT2D eigenvalue weighted by molar-refractivity contribution is 5.23. The van der Waals surface area contributed by atoms with E-state index in [0.717, 1.165) is 13.0 Å². The molecule has 1 nitrogen and oxygen atoms in total. The molecule has 0 bridgehead atoms. The number of rotatable bonds is 4. The van der Waals surface area contributed by atoms with Gasteiger partial charge in [-0.05, 0) is 17.5 Å². The molecule has 1 heterocycles. The first-order valence-corrected chi connectivity index (χ1v) is 6.96. The molecule has 1 aromatic heterocycles. The zero-order chi connectivity index (χ0) is 13.6. The van der Waals surface area contributed by atoms with Crippen molar-refractivity contribution in [3.05, 3.63) is 102 Å². The van der Waals surface area contributed by atoms with Crippen LogP contribution in [0.1, 0.15) is 16.7 Å². The quantitative estimate of drug-likeness (QED) is 0.613.